The number of nitrogens with zero attached hydrogens (tertiary/aromatic N) is 1. The van der Waals surface area contributed by atoms with Crippen LogP contribution >= 0.6 is 27.3 Å². The van der Waals surface area contributed by atoms with Crippen LogP contribution < -0.4 is 5.32 Å². The van der Waals surface area contributed by atoms with Crippen molar-refractivity contribution in [3.05, 3.63) is 55.4 Å². The van der Waals surface area contributed by atoms with Crippen molar-refractivity contribution in [2.75, 3.05) is 5.32 Å². The number of nitro groups is 1. The molecule has 1 heterocycles. The van der Waals surface area contributed by atoms with Gasteiger partial charge in [0.15, 0.2) is 0 Å². The minimum absolute atomic E-state index is 0.184. The maximum absolute atomic E-state index is 10.6. The van der Waals surface area contributed by atoms with Crippen LogP contribution in [0.2, 0.25) is 0 Å². The van der Waals surface area contributed by atoms with Gasteiger partial charge in [0, 0.05) is 27.6 Å². The van der Waals surface area contributed by atoms with Crippen LogP contribution in [0.4, 0.5) is 10.7 Å². The van der Waals surface area contributed by atoms with Crippen molar-refractivity contribution >= 4 is 38.0 Å². The normalized spacial score (nSPS) is 10.4. The Bertz CT molecular complexity index is 598. The second-order valence-corrected chi connectivity index (χ2v) is 6.07. The molecule has 0 radical (unpaired) electrons. The van der Waals surface area contributed by atoms with Gasteiger partial charge in [0.2, 0.25) is 0 Å². The zero-order valence-corrected chi connectivity index (χ0v) is 12.8. The van der Waals surface area contributed by atoms with Gasteiger partial charge in [-0.05, 0) is 36.2 Å². The van der Waals surface area contributed by atoms with E-state index in [9.17, 15) is 10.1 Å². The minimum Gasteiger partial charge on any atom is -0.380 e. The predicted molar refractivity (Wildman–Crippen MR) is 81.8 cm³/mol. The van der Waals surface area contributed by atoms with E-state index in [1.807, 2.05) is 12.1 Å². The molecule has 1 aromatic heterocycles. The molecule has 0 atom stereocenters. The fourth-order valence-electron chi connectivity index (χ4n) is 1.77. The summed E-state index contributed by atoms with van der Waals surface area (Å²) < 4.78 is 1.06. The first-order valence-electron chi connectivity index (χ1n) is 5.85. The Morgan fingerprint density at radius 1 is 1.37 bits per heavy atom. The summed E-state index contributed by atoms with van der Waals surface area (Å²) in [6.07, 6.45) is 0.937. The number of rotatable bonds is 5. The molecule has 6 heteroatoms. The van der Waals surface area contributed by atoms with Crippen molar-refractivity contribution in [3.63, 3.8) is 0 Å². The zero-order chi connectivity index (χ0) is 13.8. The number of benzene rings is 1. The van der Waals surface area contributed by atoms with E-state index >= 15 is 0 Å². The van der Waals surface area contributed by atoms with Crippen LogP contribution in [0.3, 0.4) is 0 Å². The van der Waals surface area contributed by atoms with Gasteiger partial charge in [-0.2, -0.15) is 0 Å². The molecule has 0 spiro atoms. The Balaban J connectivity index is 2.07. The van der Waals surface area contributed by atoms with Crippen LogP contribution in [0.5, 0.6) is 0 Å². The fraction of sp³-hybridized carbons (Fsp3) is 0.231. The summed E-state index contributed by atoms with van der Waals surface area (Å²) in [5.41, 5.74) is 2.29. The van der Waals surface area contributed by atoms with Gasteiger partial charge in [-0.1, -0.05) is 34.2 Å². The smallest absolute Gasteiger partial charge is 0.324 e. The molecule has 0 aliphatic heterocycles. The summed E-state index contributed by atoms with van der Waals surface area (Å²) in [5.74, 6) is 0. The highest BCUT2D eigenvalue weighted by atomic mass is 79.9. The van der Waals surface area contributed by atoms with Crippen LogP contribution in [-0.2, 0) is 13.0 Å². The Hall–Kier alpha value is -1.40. The lowest BCUT2D eigenvalue weighted by Crippen LogP contribution is -2.00. The van der Waals surface area contributed by atoms with E-state index in [0.29, 0.717) is 6.54 Å². The summed E-state index contributed by atoms with van der Waals surface area (Å²) in [5, 5.41) is 14.1. The summed E-state index contributed by atoms with van der Waals surface area (Å²) in [6.45, 7) is 2.70. The lowest BCUT2D eigenvalue weighted by atomic mass is 10.1. The van der Waals surface area contributed by atoms with Gasteiger partial charge in [-0.15, -0.1) is 0 Å². The Kier molecular flexibility index (Phi) is 4.55. The lowest BCUT2D eigenvalue weighted by Gasteiger charge is -2.10. The molecule has 0 fully saturated rings. The fourth-order valence-corrected chi connectivity index (χ4v) is 2.94. The van der Waals surface area contributed by atoms with Gasteiger partial charge in [0.05, 0.1) is 4.92 Å². The third-order valence-electron chi connectivity index (χ3n) is 2.73. The van der Waals surface area contributed by atoms with E-state index in [1.165, 1.54) is 16.9 Å². The Morgan fingerprint density at radius 2 is 2.16 bits per heavy atom. The SMILES string of the molecule is CCc1cc(Br)ccc1NCc1ccc([N+](=O)[O-])s1. The maximum Gasteiger partial charge on any atom is 0.324 e. The minimum atomic E-state index is -0.356. The molecule has 0 saturated heterocycles. The van der Waals surface area contributed by atoms with Gasteiger partial charge in [0.1, 0.15) is 0 Å². The van der Waals surface area contributed by atoms with E-state index < -0.39 is 0 Å². The zero-order valence-electron chi connectivity index (χ0n) is 10.4. The van der Waals surface area contributed by atoms with Gasteiger partial charge in [0.25, 0.3) is 0 Å². The van der Waals surface area contributed by atoms with Gasteiger partial charge in [-0.3, -0.25) is 10.1 Å². The number of hydrogen-bond acceptors (Lipinski definition) is 4. The van der Waals surface area contributed by atoms with E-state index in [-0.39, 0.29) is 9.92 Å². The molecule has 1 aromatic carbocycles. The quantitative estimate of drug-likeness (QED) is 0.639. The molecule has 100 valence electrons. The summed E-state index contributed by atoms with van der Waals surface area (Å²) in [6, 6.07) is 9.42. The second kappa shape index (κ2) is 6.16. The number of nitrogens with one attached hydrogen (secondary N) is 1. The molecule has 2 aromatic rings. The molecule has 19 heavy (non-hydrogen) atoms. The van der Waals surface area contributed by atoms with E-state index in [0.717, 1.165) is 21.5 Å². The molecule has 0 bridgehead atoms. The van der Waals surface area contributed by atoms with Crippen molar-refractivity contribution < 1.29 is 4.92 Å². The van der Waals surface area contributed by atoms with Crippen LogP contribution in [-0.4, -0.2) is 4.92 Å². The first-order chi connectivity index (χ1) is 9.10. The summed E-state index contributed by atoms with van der Waals surface area (Å²) in [7, 11) is 0. The first kappa shape index (κ1) is 14.0. The number of anilines is 1. The number of hydrogen-bond donors (Lipinski definition) is 1. The molecular formula is C13H13BrN2O2S. The van der Waals surface area contributed by atoms with Gasteiger partial charge < -0.3 is 5.32 Å². The lowest BCUT2D eigenvalue weighted by molar-refractivity contribution is -0.380. The third-order valence-corrected chi connectivity index (χ3v) is 4.26. The largest absolute Gasteiger partial charge is 0.380 e. The van der Waals surface area contributed by atoms with Crippen LogP contribution in [0, 0.1) is 10.1 Å². The molecule has 0 aliphatic rings. The van der Waals surface area contributed by atoms with E-state index in [1.54, 1.807) is 12.1 Å². The van der Waals surface area contributed by atoms with E-state index in [4.69, 9.17) is 0 Å². The van der Waals surface area contributed by atoms with Crippen LogP contribution in [0.25, 0.3) is 0 Å². The molecule has 0 saturated carbocycles. The Labute approximate surface area is 123 Å². The highest BCUT2D eigenvalue weighted by Crippen LogP contribution is 2.26. The average molecular weight is 341 g/mol. The molecule has 0 unspecified atom stereocenters. The molecule has 0 amide bonds. The second-order valence-electron chi connectivity index (χ2n) is 4.01. The van der Waals surface area contributed by atoms with Crippen molar-refractivity contribution in [2.24, 2.45) is 0 Å². The van der Waals surface area contributed by atoms with Crippen molar-refractivity contribution in [2.45, 2.75) is 19.9 Å². The maximum atomic E-state index is 10.6. The van der Waals surface area contributed by atoms with Crippen molar-refractivity contribution in [1.29, 1.82) is 0 Å². The van der Waals surface area contributed by atoms with Gasteiger partial charge >= 0.3 is 5.00 Å². The average Bonchev–Trinajstić information content (AvgIpc) is 2.86. The summed E-state index contributed by atoms with van der Waals surface area (Å²) in [4.78, 5) is 11.2. The Morgan fingerprint density at radius 3 is 2.79 bits per heavy atom. The van der Waals surface area contributed by atoms with E-state index in [2.05, 4.69) is 34.2 Å². The summed E-state index contributed by atoms with van der Waals surface area (Å²) >= 11 is 4.66. The van der Waals surface area contributed by atoms with Crippen molar-refractivity contribution in [1.82, 2.24) is 0 Å². The van der Waals surface area contributed by atoms with Gasteiger partial charge in [-0.25, -0.2) is 0 Å². The monoisotopic (exact) mass is 340 g/mol. The van der Waals surface area contributed by atoms with Crippen molar-refractivity contribution in [3.8, 4) is 0 Å². The predicted octanol–water partition coefficient (Wildman–Crippen LogP) is 4.59. The standard InChI is InChI=1S/C13H13BrN2O2S/c1-2-9-7-10(14)3-5-12(9)15-8-11-4-6-13(19-11)16(17)18/h3-7,15H,2,8H2,1H3. The molecule has 1 N–H and O–H groups in total. The third kappa shape index (κ3) is 3.54. The topological polar surface area (TPSA) is 55.2 Å². The van der Waals surface area contributed by atoms with Crippen LogP contribution in [0.15, 0.2) is 34.8 Å². The van der Waals surface area contributed by atoms with Crippen LogP contribution in [0.1, 0.15) is 17.4 Å². The molecule has 4 nitrogen and oxygen atoms in total. The highest BCUT2D eigenvalue weighted by Gasteiger charge is 2.09. The molecule has 2 rings (SSSR count). The highest BCUT2D eigenvalue weighted by molar-refractivity contribution is 9.10. The molecular weight excluding hydrogens is 328 g/mol. The number of aryl methyl sites for hydroxylation is 1. The molecule has 0 aliphatic carbocycles. The number of thiophene rings is 1. The number of halogens is 1. The first-order valence-corrected chi connectivity index (χ1v) is 7.46.